The third-order valence-corrected chi connectivity index (χ3v) is 6.03. The Kier molecular flexibility index (Phi) is 5.42. The SMILES string of the molecule is CS(=O)(=O)N1CCCC(O)C1Nc1ncc2cc(C(F)F)cc(Br)c2n1. The zero-order valence-corrected chi connectivity index (χ0v) is 16.1. The summed E-state index contributed by atoms with van der Waals surface area (Å²) in [6.07, 6.45) is -0.983. The van der Waals surface area contributed by atoms with Gasteiger partial charge in [-0.1, -0.05) is 0 Å². The number of aliphatic hydroxyl groups excluding tert-OH is 1. The summed E-state index contributed by atoms with van der Waals surface area (Å²) in [6, 6.07) is 2.58. The Morgan fingerprint density at radius 3 is 2.81 bits per heavy atom. The maximum atomic E-state index is 12.9. The van der Waals surface area contributed by atoms with Gasteiger partial charge in [0.05, 0.1) is 17.9 Å². The first-order valence-corrected chi connectivity index (χ1v) is 10.5. The lowest BCUT2D eigenvalue weighted by molar-refractivity contribution is 0.0655. The third kappa shape index (κ3) is 3.95. The fourth-order valence-electron chi connectivity index (χ4n) is 2.94. The molecule has 1 fully saturated rings. The van der Waals surface area contributed by atoms with E-state index in [4.69, 9.17) is 0 Å². The van der Waals surface area contributed by atoms with Gasteiger partial charge < -0.3 is 10.4 Å². The van der Waals surface area contributed by atoms with Crippen molar-refractivity contribution in [2.24, 2.45) is 0 Å². The molecule has 2 atom stereocenters. The number of aromatic nitrogens is 2. The molecule has 2 unspecified atom stereocenters. The van der Waals surface area contributed by atoms with Gasteiger partial charge in [-0.05, 0) is 40.9 Å². The first-order chi connectivity index (χ1) is 12.2. The van der Waals surface area contributed by atoms with Crippen molar-refractivity contribution < 1.29 is 22.3 Å². The molecule has 0 spiro atoms. The number of fused-ring (bicyclic) bond motifs is 1. The summed E-state index contributed by atoms with van der Waals surface area (Å²) >= 11 is 3.22. The van der Waals surface area contributed by atoms with Crippen LogP contribution in [0.15, 0.2) is 22.8 Å². The average molecular weight is 451 g/mol. The summed E-state index contributed by atoms with van der Waals surface area (Å²) in [5.74, 6) is 0.0996. The van der Waals surface area contributed by atoms with E-state index < -0.39 is 28.7 Å². The van der Waals surface area contributed by atoms with Crippen molar-refractivity contribution in [2.45, 2.75) is 31.5 Å². The van der Waals surface area contributed by atoms with E-state index in [2.05, 4.69) is 31.2 Å². The normalized spacial score (nSPS) is 22.1. The zero-order chi connectivity index (χ0) is 19.1. The van der Waals surface area contributed by atoms with Crippen LogP contribution in [0.2, 0.25) is 0 Å². The number of piperidine rings is 1. The van der Waals surface area contributed by atoms with Crippen LogP contribution in [0.5, 0.6) is 0 Å². The molecule has 7 nitrogen and oxygen atoms in total. The summed E-state index contributed by atoms with van der Waals surface area (Å²) in [5, 5.41) is 13.5. The number of hydrogen-bond donors (Lipinski definition) is 2. The maximum Gasteiger partial charge on any atom is 0.263 e. The lowest BCUT2D eigenvalue weighted by Gasteiger charge is -2.37. The minimum Gasteiger partial charge on any atom is -0.390 e. The summed E-state index contributed by atoms with van der Waals surface area (Å²) < 4.78 is 51.3. The number of hydrogen-bond acceptors (Lipinski definition) is 6. The van der Waals surface area contributed by atoms with Gasteiger partial charge >= 0.3 is 0 Å². The maximum absolute atomic E-state index is 12.9. The molecule has 1 aliphatic rings. The fourth-order valence-corrected chi connectivity index (χ4v) is 4.59. The second-order valence-electron chi connectivity index (χ2n) is 6.11. The molecule has 1 aromatic carbocycles. The standard InChI is InChI=1S/C15H17BrF2N4O3S/c1-26(24,25)22-4-2-3-11(23)14(22)21-15-19-7-9-5-8(13(17)18)6-10(16)12(9)20-15/h5-7,11,13-14,23H,2-4H2,1H3,(H,19,20,21). The van der Waals surface area contributed by atoms with E-state index in [0.717, 1.165) is 6.26 Å². The fraction of sp³-hybridized carbons (Fsp3) is 0.467. The number of aliphatic hydroxyl groups is 1. The molecule has 2 N–H and O–H groups in total. The summed E-state index contributed by atoms with van der Waals surface area (Å²) in [4.78, 5) is 8.35. The predicted molar refractivity (Wildman–Crippen MR) is 96.4 cm³/mol. The van der Waals surface area contributed by atoms with Crippen molar-refractivity contribution in [2.75, 3.05) is 18.1 Å². The molecule has 1 saturated heterocycles. The lowest BCUT2D eigenvalue weighted by atomic mass is 10.1. The molecule has 0 bridgehead atoms. The van der Waals surface area contributed by atoms with Crippen LogP contribution in [0.4, 0.5) is 14.7 Å². The van der Waals surface area contributed by atoms with Crippen molar-refractivity contribution in [1.82, 2.24) is 14.3 Å². The number of halogens is 3. The first kappa shape index (κ1) is 19.3. The molecule has 2 heterocycles. The van der Waals surface area contributed by atoms with E-state index in [1.165, 1.54) is 22.6 Å². The molecule has 0 radical (unpaired) electrons. The van der Waals surface area contributed by atoms with E-state index in [1.54, 1.807) is 0 Å². The van der Waals surface area contributed by atoms with E-state index in [9.17, 15) is 22.3 Å². The largest absolute Gasteiger partial charge is 0.390 e. The van der Waals surface area contributed by atoms with Gasteiger partial charge in [0.25, 0.3) is 6.43 Å². The average Bonchev–Trinajstić information content (AvgIpc) is 2.56. The molecule has 1 aliphatic heterocycles. The van der Waals surface area contributed by atoms with Gasteiger partial charge in [0.15, 0.2) is 0 Å². The van der Waals surface area contributed by atoms with Crippen LogP contribution in [0.1, 0.15) is 24.8 Å². The van der Waals surface area contributed by atoms with Crippen LogP contribution in [-0.4, -0.2) is 52.9 Å². The Balaban J connectivity index is 1.95. The van der Waals surface area contributed by atoms with Gasteiger partial charge in [-0.25, -0.2) is 27.2 Å². The second-order valence-corrected chi connectivity index (χ2v) is 8.90. The highest BCUT2D eigenvalue weighted by Gasteiger charge is 2.36. The second kappa shape index (κ2) is 7.29. The van der Waals surface area contributed by atoms with Crippen molar-refractivity contribution in [3.05, 3.63) is 28.4 Å². The zero-order valence-electron chi connectivity index (χ0n) is 13.7. The van der Waals surface area contributed by atoms with Crippen LogP contribution in [0, 0.1) is 0 Å². The first-order valence-electron chi connectivity index (χ1n) is 7.82. The Morgan fingerprint density at radius 1 is 1.42 bits per heavy atom. The molecule has 0 aliphatic carbocycles. The number of sulfonamides is 1. The van der Waals surface area contributed by atoms with Crippen molar-refractivity contribution in [3.63, 3.8) is 0 Å². The Morgan fingerprint density at radius 2 is 2.15 bits per heavy atom. The molecule has 0 saturated carbocycles. The van der Waals surface area contributed by atoms with Gasteiger partial charge in [-0.2, -0.15) is 4.31 Å². The number of alkyl halides is 2. The predicted octanol–water partition coefficient (Wildman–Crippen LogP) is 2.48. The highest BCUT2D eigenvalue weighted by Crippen LogP contribution is 2.30. The molecule has 142 valence electrons. The van der Waals surface area contributed by atoms with E-state index in [1.807, 2.05) is 0 Å². The van der Waals surface area contributed by atoms with E-state index in [-0.39, 0.29) is 18.1 Å². The highest BCUT2D eigenvalue weighted by atomic mass is 79.9. The number of rotatable bonds is 4. The molecular formula is C15H17BrF2N4O3S. The Labute approximate surface area is 157 Å². The van der Waals surface area contributed by atoms with Crippen LogP contribution in [-0.2, 0) is 10.0 Å². The molecular weight excluding hydrogens is 434 g/mol. The molecule has 1 aromatic heterocycles. The summed E-state index contributed by atoms with van der Waals surface area (Å²) in [5.41, 5.74) is 0.253. The molecule has 2 aromatic rings. The summed E-state index contributed by atoms with van der Waals surface area (Å²) in [7, 11) is -3.53. The molecule has 26 heavy (non-hydrogen) atoms. The van der Waals surface area contributed by atoms with Gasteiger partial charge in [0, 0.05) is 28.2 Å². The van der Waals surface area contributed by atoms with Crippen molar-refractivity contribution in [1.29, 1.82) is 0 Å². The van der Waals surface area contributed by atoms with E-state index >= 15 is 0 Å². The van der Waals surface area contributed by atoms with E-state index in [0.29, 0.717) is 28.2 Å². The Bertz CT molecular complexity index is 928. The molecule has 11 heteroatoms. The topological polar surface area (TPSA) is 95.4 Å². The molecule has 3 rings (SSSR count). The smallest absolute Gasteiger partial charge is 0.263 e. The van der Waals surface area contributed by atoms with Crippen molar-refractivity contribution in [3.8, 4) is 0 Å². The highest BCUT2D eigenvalue weighted by molar-refractivity contribution is 9.10. The quantitative estimate of drug-likeness (QED) is 0.742. The number of benzene rings is 1. The monoisotopic (exact) mass is 450 g/mol. The molecule has 0 amide bonds. The van der Waals surface area contributed by atoms with Crippen LogP contribution in [0.3, 0.4) is 0 Å². The number of nitrogens with one attached hydrogen (secondary N) is 1. The van der Waals surface area contributed by atoms with Gasteiger partial charge in [-0.15, -0.1) is 0 Å². The van der Waals surface area contributed by atoms with Gasteiger partial charge in [0.2, 0.25) is 16.0 Å². The number of anilines is 1. The van der Waals surface area contributed by atoms with Crippen LogP contribution in [0.25, 0.3) is 10.9 Å². The third-order valence-electron chi connectivity index (χ3n) is 4.17. The van der Waals surface area contributed by atoms with Crippen molar-refractivity contribution >= 4 is 42.8 Å². The minimum atomic E-state index is -3.53. The minimum absolute atomic E-state index is 0.0996. The number of nitrogens with zero attached hydrogens (tertiary/aromatic N) is 3. The Hall–Kier alpha value is -1.43. The van der Waals surface area contributed by atoms with Crippen LogP contribution >= 0.6 is 15.9 Å². The van der Waals surface area contributed by atoms with Gasteiger partial charge in [-0.3, -0.25) is 0 Å². The lowest BCUT2D eigenvalue weighted by Crippen LogP contribution is -2.54. The van der Waals surface area contributed by atoms with Crippen LogP contribution < -0.4 is 5.32 Å². The summed E-state index contributed by atoms with van der Waals surface area (Å²) in [6.45, 7) is 0.280. The van der Waals surface area contributed by atoms with Gasteiger partial charge in [0.1, 0.15) is 6.17 Å².